The molecule has 0 fully saturated rings. The highest BCUT2D eigenvalue weighted by Gasteiger charge is 2.39. The summed E-state index contributed by atoms with van der Waals surface area (Å²) >= 11 is 0. The van der Waals surface area contributed by atoms with Gasteiger partial charge in [0.2, 0.25) is 5.88 Å². The minimum Gasteiger partial charge on any atom is -0.480 e. The Morgan fingerprint density at radius 3 is 2.32 bits per heavy atom. The maximum Gasteiger partial charge on any atom is 0.237 e. The number of likely N-dealkylation sites (N-methyl/N-ethyl adjacent to an activating group) is 1. The lowest BCUT2D eigenvalue weighted by molar-refractivity contribution is -0.0732. The smallest absolute Gasteiger partial charge is 0.237 e. The van der Waals surface area contributed by atoms with Gasteiger partial charge in [-0.15, -0.1) is 0 Å². The zero-order chi connectivity index (χ0) is 14.3. The molecule has 0 saturated heterocycles. The number of aromatic nitrogens is 2. The van der Waals surface area contributed by atoms with E-state index in [-0.39, 0.29) is 11.6 Å². The van der Waals surface area contributed by atoms with Crippen LogP contribution in [0.15, 0.2) is 12.4 Å². The van der Waals surface area contributed by atoms with E-state index in [1.807, 2.05) is 14.0 Å². The monoisotopic (exact) mass is 267 g/mol. The Bertz CT molecular complexity index is 381. The van der Waals surface area contributed by atoms with Crippen molar-refractivity contribution in [2.24, 2.45) is 0 Å². The second kappa shape index (κ2) is 7.40. The summed E-state index contributed by atoms with van der Waals surface area (Å²) in [6.07, 6.45) is 5.10. The van der Waals surface area contributed by atoms with Crippen molar-refractivity contribution in [1.29, 1.82) is 0 Å². The van der Waals surface area contributed by atoms with Gasteiger partial charge in [-0.05, 0) is 26.8 Å². The molecule has 0 aromatic carbocycles. The van der Waals surface area contributed by atoms with E-state index in [0.29, 0.717) is 12.5 Å². The van der Waals surface area contributed by atoms with E-state index in [1.165, 1.54) is 0 Å². The molecule has 1 aromatic heterocycles. The van der Waals surface area contributed by atoms with Crippen molar-refractivity contribution in [2.45, 2.75) is 45.3 Å². The van der Waals surface area contributed by atoms with Crippen LogP contribution in [-0.2, 0) is 4.74 Å². The largest absolute Gasteiger partial charge is 0.480 e. The molecule has 0 radical (unpaired) electrons. The third-order valence-electron chi connectivity index (χ3n) is 3.60. The Balaban J connectivity index is 3.23. The van der Waals surface area contributed by atoms with Gasteiger partial charge in [0.05, 0.1) is 18.8 Å². The van der Waals surface area contributed by atoms with Crippen LogP contribution in [0.25, 0.3) is 0 Å². The average Bonchev–Trinajstić information content (AvgIpc) is 2.47. The van der Waals surface area contributed by atoms with Gasteiger partial charge in [-0.25, -0.2) is 4.98 Å². The molecule has 1 aromatic rings. The first-order valence-electron chi connectivity index (χ1n) is 6.85. The summed E-state index contributed by atoms with van der Waals surface area (Å²) in [5.41, 5.74) is 0.497. The maximum atomic E-state index is 6.05. The Hall–Kier alpha value is -1.20. The molecule has 1 rings (SSSR count). The van der Waals surface area contributed by atoms with Crippen molar-refractivity contribution in [3.8, 4) is 5.88 Å². The lowest BCUT2D eigenvalue weighted by atomic mass is 9.86. The molecular weight excluding hydrogens is 242 g/mol. The normalized spacial score (nSPS) is 13.3. The number of nitrogens with zero attached hydrogens (tertiary/aromatic N) is 2. The van der Waals surface area contributed by atoms with Gasteiger partial charge in [-0.1, -0.05) is 13.8 Å². The van der Waals surface area contributed by atoms with Crippen LogP contribution in [0.3, 0.4) is 0 Å². The fourth-order valence-electron chi connectivity index (χ4n) is 2.57. The zero-order valence-electron chi connectivity index (χ0n) is 12.6. The Morgan fingerprint density at radius 1 is 1.21 bits per heavy atom. The van der Waals surface area contributed by atoms with Crippen LogP contribution in [-0.4, -0.2) is 36.3 Å². The molecule has 1 heterocycles. The number of hydrogen-bond acceptors (Lipinski definition) is 5. The van der Waals surface area contributed by atoms with E-state index in [1.54, 1.807) is 19.5 Å². The van der Waals surface area contributed by atoms with Crippen molar-refractivity contribution in [3.63, 3.8) is 0 Å². The van der Waals surface area contributed by atoms with E-state index >= 15 is 0 Å². The maximum absolute atomic E-state index is 6.05. The van der Waals surface area contributed by atoms with E-state index in [9.17, 15) is 0 Å². The Labute approximate surface area is 115 Å². The van der Waals surface area contributed by atoms with Crippen LogP contribution in [0.4, 0.5) is 0 Å². The van der Waals surface area contributed by atoms with Crippen LogP contribution in [0.2, 0.25) is 0 Å². The minimum atomic E-state index is -0.299. The van der Waals surface area contributed by atoms with Crippen molar-refractivity contribution in [3.05, 3.63) is 18.1 Å². The first-order valence-corrected chi connectivity index (χ1v) is 6.85. The van der Waals surface area contributed by atoms with Crippen molar-refractivity contribution >= 4 is 0 Å². The highest BCUT2D eigenvalue weighted by atomic mass is 16.5. The molecule has 1 N–H and O–H groups in total. The summed E-state index contributed by atoms with van der Waals surface area (Å²) in [4.78, 5) is 8.66. The number of ether oxygens (including phenoxy) is 2. The summed E-state index contributed by atoms with van der Waals surface area (Å²) in [6.45, 7) is 6.95. The molecule has 0 aliphatic heterocycles. The van der Waals surface area contributed by atoms with E-state index in [2.05, 4.69) is 29.1 Å². The molecule has 1 unspecified atom stereocenters. The van der Waals surface area contributed by atoms with Gasteiger partial charge in [0.1, 0.15) is 5.69 Å². The fourth-order valence-corrected chi connectivity index (χ4v) is 2.57. The van der Waals surface area contributed by atoms with Crippen molar-refractivity contribution in [2.75, 3.05) is 20.8 Å². The molecule has 1 atom stereocenters. The fraction of sp³-hybridized carbons (Fsp3) is 0.714. The topological polar surface area (TPSA) is 56.3 Å². The van der Waals surface area contributed by atoms with Crippen LogP contribution >= 0.6 is 0 Å². The minimum absolute atomic E-state index is 0.0499. The molecule has 108 valence electrons. The molecule has 0 aliphatic carbocycles. The van der Waals surface area contributed by atoms with Crippen LogP contribution in [0, 0.1) is 0 Å². The van der Waals surface area contributed by atoms with Crippen LogP contribution in [0.1, 0.15) is 45.3 Å². The lowest BCUT2D eigenvalue weighted by Crippen LogP contribution is -2.45. The summed E-state index contributed by atoms with van der Waals surface area (Å²) in [7, 11) is 3.53. The van der Waals surface area contributed by atoms with E-state index in [4.69, 9.17) is 9.47 Å². The molecule has 0 amide bonds. The van der Waals surface area contributed by atoms with Gasteiger partial charge in [-0.3, -0.25) is 4.98 Å². The van der Waals surface area contributed by atoms with Crippen LogP contribution < -0.4 is 10.1 Å². The number of rotatable bonds is 8. The summed E-state index contributed by atoms with van der Waals surface area (Å²) < 4.78 is 11.4. The molecule has 0 spiro atoms. The van der Waals surface area contributed by atoms with Crippen molar-refractivity contribution in [1.82, 2.24) is 15.3 Å². The number of methoxy groups -OCH3 is 1. The van der Waals surface area contributed by atoms with E-state index < -0.39 is 0 Å². The molecular formula is C14H25N3O2. The highest BCUT2D eigenvalue weighted by molar-refractivity contribution is 5.24. The second-order valence-electron chi connectivity index (χ2n) is 4.38. The molecule has 5 nitrogen and oxygen atoms in total. The molecule has 0 bridgehead atoms. The van der Waals surface area contributed by atoms with Gasteiger partial charge in [0.15, 0.2) is 0 Å². The van der Waals surface area contributed by atoms with Gasteiger partial charge >= 0.3 is 0 Å². The first kappa shape index (κ1) is 15.9. The van der Waals surface area contributed by atoms with Gasteiger partial charge in [-0.2, -0.15) is 0 Å². The zero-order valence-corrected chi connectivity index (χ0v) is 12.6. The predicted octanol–water partition coefficient (Wildman–Crippen LogP) is 2.34. The third kappa shape index (κ3) is 3.22. The number of nitrogens with one attached hydrogen (secondary N) is 1. The Kier molecular flexibility index (Phi) is 6.18. The second-order valence-corrected chi connectivity index (χ2v) is 4.38. The van der Waals surface area contributed by atoms with Gasteiger partial charge in [0, 0.05) is 19.0 Å². The Morgan fingerprint density at radius 2 is 1.84 bits per heavy atom. The van der Waals surface area contributed by atoms with Gasteiger partial charge in [0.25, 0.3) is 0 Å². The molecule has 5 heteroatoms. The highest BCUT2D eigenvalue weighted by Crippen LogP contribution is 2.37. The quantitative estimate of drug-likeness (QED) is 0.783. The first-order chi connectivity index (χ1) is 9.18. The standard InChI is InChI=1S/C14H25N3O2/c1-6-14(7-2,19-8-3)12(15-4)11-13(18-5)17-10-9-16-11/h9-10,12,15H,6-8H2,1-5H3. The predicted molar refractivity (Wildman–Crippen MR) is 75.3 cm³/mol. The third-order valence-corrected chi connectivity index (χ3v) is 3.60. The SMILES string of the molecule is CCOC(CC)(CC)C(NC)c1nccnc1OC. The van der Waals surface area contributed by atoms with E-state index in [0.717, 1.165) is 18.5 Å². The molecule has 0 aliphatic rings. The summed E-state index contributed by atoms with van der Waals surface area (Å²) in [5, 5.41) is 3.31. The average molecular weight is 267 g/mol. The molecule has 19 heavy (non-hydrogen) atoms. The van der Waals surface area contributed by atoms with Gasteiger partial charge < -0.3 is 14.8 Å². The summed E-state index contributed by atoms with van der Waals surface area (Å²) in [6, 6.07) is -0.0499. The summed E-state index contributed by atoms with van der Waals surface area (Å²) in [5.74, 6) is 0.549. The number of hydrogen-bond donors (Lipinski definition) is 1. The molecule has 0 saturated carbocycles. The lowest BCUT2D eigenvalue weighted by Gasteiger charge is -2.39. The van der Waals surface area contributed by atoms with Crippen LogP contribution in [0.5, 0.6) is 5.88 Å². The van der Waals surface area contributed by atoms with Crippen molar-refractivity contribution < 1.29 is 9.47 Å².